The summed E-state index contributed by atoms with van der Waals surface area (Å²) in [4.78, 5) is 21.0. The van der Waals surface area contributed by atoms with E-state index < -0.39 is 15.9 Å². The molecule has 1 N–H and O–H groups in total. The fourth-order valence-corrected chi connectivity index (χ4v) is 3.71. The highest BCUT2D eigenvalue weighted by atomic mass is 35.5. The molecule has 0 aliphatic heterocycles. The highest BCUT2D eigenvalue weighted by Crippen LogP contribution is 2.25. The zero-order valence-electron chi connectivity index (χ0n) is 16.5. The summed E-state index contributed by atoms with van der Waals surface area (Å²) in [6.45, 7) is 0. The van der Waals surface area contributed by atoms with Crippen molar-refractivity contribution in [1.82, 2.24) is 14.3 Å². The molecule has 3 rings (SSSR count). The van der Waals surface area contributed by atoms with Gasteiger partial charge in [0, 0.05) is 25.7 Å². The first-order chi connectivity index (χ1) is 14.2. The van der Waals surface area contributed by atoms with Gasteiger partial charge in [-0.25, -0.2) is 22.7 Å². The fourth-order valence-electron chi connectivity index (χ4n) is 2.58. The number of carbonyl (C=O) groups excluding carboxylic acids is 1. The Morgan fingerprint density at radius 2 is 1.77 bits per heavy atom. The minimum atomic E-state index is -3.71. The third-order valence-electron chi connectivity index (χ3n) is 4.26. The molecule has 0 aliphatic rings. The van der Waals surface area contributed by atoms with E-state index in [-0.39, 0.29) is 21.3 Å². The van der Waals surface area contributed by atoms with Crippen molar-refractivity contribution in [1.29, 1.82) is 0 Å². The van der Waals surface area contributed by atoms with Gasteiger partial charge < -0.3 is 10.1 Å². The van der Waals surface area contributed by atoms with E-state index in [1.807, 2.05) is 12.1 Å². The second-order valence-electron chi connectivity index (χ2n) is 6.40. The highest BCUT2D eigenvalue weighted by molar-refractivity contribution is 7.89. The summed E-state index contributed by atoms with van der Waals surface area (Å²) in [6, 6.07) is 12.8. The third kappa shape index (κ3) is 4.59. The number of amides is 1. The van der Waals surface area contributed by atoms with Crippen LogP contribution in [0, 0.1) is 0 Å². The number of ether oxygens (including phenoxy) is 1. The lowest BCUT2D eigenvalue weighted by Gasteiger charge is -2.13. The molecule has 156 valence electrons. The van der Waals surface area contributed by atoms with Crippen LogP contribution in [0.1, 0.15) is 10.4 Å². The minimum absolute atomic E-state index is 0.0178. The molecule has 1 aromatic heterocycles. The van der Waals surface area contributed by atoms with Crippen molar-refractivity contribution in [2.24, 2.45) is 0 Å². The van der Waals surface area contributed by atoms with Gasteiger partial charge in [0.25, 0.3) is 5.91 Å². The summed E-state index contributed by atoms with van der Waals surface area (Å²) < 4.78 is 30.9. The maximum atomic E-state index is 12.7. The van der Waals surface area contributed by atoms with Crippen LogP contribution in [0.5, 0.6) is 5.75 Å². The van der Waals surface area contributed by atoms with E-state index in [4.69, 9.17) is 16.3 Å². The number of carbonyl (C=O) groups is 1. The van der Waals surface area contributed by atoms with Crippen molar-refractivity contribution < 1.29 is 17.9 Å². The monoisotopic (exact) mass is 446 g/mol. The van der Waals surface area contributed by atoms with E-state index in [2.05, 4.69) is 15.3 Å². The molecule has 2 aromatic carbocycles. The lowest BCUT2D eigenvalue weighted by molar-refractivity contribution is 0.102. The second kappa shape index (κ2) is 8.78. The molecule has 0 aliphatic carbocycles. The van der Waals surface area contributed by atoms with Gasteiger partial charge >= 0.3 is 0 Å². The number of hydrogen-bond donors (Lipinski definition) is 1. The van der Waals surface area contributed by atoms with Crippen LogP contribution in [-0.4, -0.2) is 49.8 Å². The summed E-state index contributed by atoms with van der Waals surface area (Å²) in [5, 5.41) is 2.75. The van der Waals surface area contributed by atoms with Gasteiger partial charge in [0.05, 0.1) is 28.3 Å². The number of nitrogens with one attached hydrogen (secondary N) is 1. The van der Waals surface area contributed by atoms with Crippen LogP contribution < -0.4 is 10.1 Å². The molecule has 1 amide bonds. The normalized spacial score (nSPS) is 11.4. The van der Waals surface area contributed by atoms with Crippen LogP contribution in [0.25, 0.3) is 11.3 Å². The Morgan fingerprint density at radius 3 is 2.40 bits per heavy atom. The van der Waals surface area contributed by atoms with Crippen LogP contribution in [-0.2, 0) is 10.0 Å². The number of aromatic nitrogens is 2. The molecule has 0 saturated carbocycles. The minimum Gasteiger partial charge on any atom is -0.497 e. The molecular formula is C20H19ClN4O4S. The maximum absolute atomic E-state index is 12.7. The first-order valence-corrected chi connectivity index (χ1v) is 10.5. The molecule has 0 saturated heterocycles. The van der Waals surface area contributed by atoms with E-state index in [9.17, 15) is 13.2 Å². The van der Waals surface area contributed by atoms with Gasteiger partial charge in [-0.1, -0.05) is 11.6 Å². The van der Waals surface area contributed by atoms with Crippen molar-refractivity contribution in [3.63, 3.8) is 0 Å². The summed E-state index contributed by atoms with van der Waals surface area (Å²) in [7, 11) is 0.684. The van der Waals surface area contributed by atoms with E-state index in [0.29, 0.717) is 11.4 Å². The molecule has 0 unspecified atom stereocenters. The van der Waals surface area contributed by atoms with Gasteiger partial charge in [0.2, 0.25) is 10.0 Å². The van der Waals surface area contributed by atoms with E-state index in [0.717, 1.165) is 9.87 Å². The Bertz CT molecular complexity index is 1180. The van der Waals surface area contributed by atoms with Crippen LogP contribution in [0.2, 0.25) is 5.02 Å². The Labute approximate surface area is 179 Å². The second-order valence-corrected chi connectivity index (χ2v) is 8.96. The molecule has 0 radical (unpaired) electrons. The largest absolute Gasteiger partial charge is 0.497 e. The van der Waals surface area contributed by atoms with Gasteiger partial charge in [-0.05, 0) is 42.5 Å². The number of anilines is 1. The zero-order valence-corrected chi connectivity index (χ0v) is 18.0. The summed E-state index contributed by atoms with van der Waals surface area (Å²) in [5.41, 5.74) is 1.42. The summed E-state index contributed by atoms with van der Waals surface area (Å²) in [6.07, 6.45) is 1.32. The van der Waals surface area contributed by atoms with Crippen molar-refractivity contribution in [3.8, 4) is 17.0 Å². The topological polar surface area (TPSA) is 101 Å². The number of rotatable bonds is 6. The van der Waals surface area contributed by atoms with Crippen LogP contribution in [0.4, 0.5) is 5.82 Å². The third-order valence-corrected chi connectivity index (χ3v) is 6.40. The van der Waals surface area contributed by atoms with Crippen molar-refractivity contribution in [3.05, 3.63) is 65.4 Å². The number of nitrogens with zero attached hydrogens (tertiary/aromatic N) is 3. The molecule has 0 atom stereocenters. The predicted octanol–water partition coefficient (Wildman–Crippen LogP) is 3.31. The van der Waals surface area contributed by atoms with Gasteiger partial charge in [0.15, 0.2) is 0 Å². The Morgan fingerprint density at radius 1 is 1.07 bits per heavy atom. The zero-order chi connectivity index (χ0) is 21.9. The van der Waals surface area contributed by atoms with Crippen molar-refractivity contribution >= 4 is 33.3 Å². The van der Waals surface area contributed by atoms with E-state index in [1.54, 1.807) is 25.3 Å². The Kier molecular flexibility index (Phi) is 6.35. The number of benzene rings is 2. The lowest BCUT2D eigenvalue weighted by atomic mass is 10.1. The van der Waals surface area contributed by atoms with Gasteiger partial charge in [-0.3, -0.25) is 4.79 Å². The smallest absolute Gasteiger partial charge is 0.258 e. The quantitative estimate of drug-likeness (QED) is 0.623. The summed E-state index contributed by atoms with van der Waals surface area (Å²) >= 11 is 6.13. The van der Waals surface area contributed by atoms with Crippen LogP contribution in [0.15, 0.2) is 59.8 Å². The molecule has 0 spiro atoms. The Hall–Kier alpha value is -3.01. The molecule has 0 bridgehead atoms. The SMILES string of the molecule is COc1ccc(-c2cc(NC(=O)c3cc(S(=O)(=O)N(C)C)ccc3Cl)ncn2)cc1. The van der Waals surface area contributed by atoms with E-state index >= 15 is 0 Å². The maximum Gasteiger partial charge on any atom is 0.258 e. The molecule has 30 heavy (non-hydrogen) atoms. The predicted molar refractivity (Wildman–Crippen MR) is 114 cm³/mol. The van der Waals surface area contributed by atoms with Crippen molar-refractivity contribution in [2.45, 2.75) is 4.90 Å². The van der Waals surface area contributed by atoms with Gasteiger partial charge in [0.1, 0.15) is 17.9 Å². The number of sulfonamides is 1. The first kappa shape index (κ1) is 21.7. The van der Waals surface area contributed by atoms with Gasteiger partial charge in [-0.2, -0.15) is 0 Å². The number of halogens is 1. The number of hydrogen-bond acceptors (Lipinski definition) is 6. The standard InChI is InChI=1S/C20H19ClN4O4S/c1-25(2)30(27,28)15-8-9-17(21)16(10-15)20(26)24-19-11-18(22-12-23-19)13-4-6-14(29-3)7-5-13/h4-12H,1-3H3,(H,22,23,24,26). The van der Waals surface area contributed by atoms with Crippen LogP contribution >= 0.6 is 11.6 Å². The molecule has 10 heteroatoms. The molecular weight excluding hydrogens is 428 g/mol. The van der Waals surface area contributed by atoms with E-state index in [1.165, 1.54) is 38.6 Å². The summed E-state index contributed by atoms with van der Waals surface area (Å²) in [5.74, 6) is 0.372. The number of methoxy groups -OCH3 is 1. The molecule has 0 fully saturated rings. The average molecular weight is 447 g/mol. The molecule has 8 nitrogen and oxygen atoms in total. The average Bonchev–Trinajstić information content (AvgIpc) is 2.74. The molecule has 3 aromatic rings. The Balaban J connectivity index is 1.88. The lowest BCUT2D eigenvalue weighted by Crippen LogP contribution is -2.23. The van der Waals surface area contributed by atoms with Crippen LogP contribution in [0.3, 0.4) is 0 Å². The first-order valence-electron chi connectivity index (χ1n) is 8.72. The highest BCUT2D eigenvalue weighted by Gasteiger charge is 2.21. The fraction of sp³-hybridized carbons (Fsp3) is 0.150. The molecule has 1 heterocycles. The van der Waals surface area contributed by atoms with Gasteiger partial charge in [-0.15, -0.1) is 0 Å². The van der Waals surface area contributed by atoms with Crippen molar-refractivity contribution in [2.75, 3.05) is 26.5 Å².